The van der Waals surface area contributed by atoms with E-state index in [0.717, 1.165) is 25.7 Å². The second-order valence-corrected chi connectivity index (χ2v) is 5.43. The van der Waals surface area contributed by atoms with Crippen LogP contribution < -0.4 is 5.73 Å². The molecule has 0 saturated heterocycles. The summed E-state index contributed by atoms with van der Waals surface area (Å²) in [6.07, 6.45) is 4.28. The first kappa shape index (κ1) is 20.9. The van der Waals surface area contributed by atoms with E-state index in [1.54, 1.807) is 6.08 Å². The summed E-state index contributed by atoms with van der Waals surface area (Å²) in [6, 6.07) is 0. The predicted octanol–water partition coefficient (Wildman–Crippen LogP) is 3.04. The van der Waals surface area contributed by atoms with E-state index in [1.807, 2.05) is 6.08 Å². The quantitative estimate of drug-likeness (QED) is 0.359. The van der Waals surface area contributed by atoms with Gasteiger partial charge in [0.05, 0.1) is 6.10 Å². The molecule has 0 bridgehead atoms. The lowest BCUT2D eigenvalue weighted by Crippen LogP contribution is -2.59. The molecule has 0 radical (unpaired) electrons. The molecule has 0 heterocycles. The maximum absolute atomic E-state index is 12.6. The summed E-state index contributed by atoms with van der Waals surface area (Å²) in [5.74, 6) is -1.56. The average Bonchev–Trinajstić information content (AvgIpc) is 2.47. The van der Waals surface area contributed by atoms with Crippen LogP contribution in [0.4, 0.5) is 13.2 Å². The summed E-state index contributed by atoms with van der Waals surface area (Å²) in [5, 5.41) is 18.4. The number of aliphatic carboxylic acids is 1. The van der Waals surface area contributed by atoms with Crippen LogP contribution in [0.3, 0.4) is 0 Å². The highest BCUT2D eigenvalue weighted by molar-refractivity contribution is 5.79. The fourth-order valence-electron chi connectivity index (χ4n) is 1.95. The van der Waals surface area contributed by atoms with E-state index in [1.165, 1.54) is 0 Å². The Balaban J connectivity index is 3.72. The largest absolute Gasteiger partial charge is 0.480 e. The van der Waals surface area contributed by atoms with E-state index in [0.29, 0.717) is 12.8 Å². The molecule has 4 nitrogen and oxygen atoms in total. The zero-order chi connectivity index (χ0) is 17.0. The Morgan fingerprint density at radius 1 is 1.09 bits per heavy atom. The van der Waals surface area contributed by atoms with E-state index in [9.17, 15) is 23.1 Å². The molecular weight excluding hydrogens is 299 g/mol. The van der Waals surface area contributed by atoms with Crippen molar-refractivity contribution in [2.75, 3.05) is 6.67 Å². The molecule has 130 valence electrons. The van der Waals surface area contributed by atoms with Crippen LogP contribution in [-0.4, -0.2) is 40.9 Å². The van der Waals surface area contributed by atoms with Gasteiger partial charge in [-0.2, -0.15) is 0 Å². The molecule has 0 amide bonds. The fraction of sp³-hybridized carbons (Fsp3) is 0.800. The van der Waals surface area contributed by atoms with Gasteiger partial charge in [-0.05, 0) is 32.1 Å². The smallest absolute Gasteiger partial charge is 0.329 e. The van der Waals surface area contributed by atoms with Crippen LogP contribution in [0.25, 0.3) is 0 Å². The lowest BCUT2D eigenvalue weighted by molar-refractivity contribution is -0.149. The van der Waals surface area contributed by atoms with Crippen LogP contribution in [0.1, 0.15) is 51.4 Å². The highest BCUT2D eigenvalue weighted by atomic mass is 19.3. The minimum atomic E-state index is -2.25. The summed E-state index contributed by atoms with van der Waals surface area (Å²) >= 11 is 0. The standard InChI is InChI=1S/C15H26F3NO3/c16-11-15(19,14(21)22)12(20)9-7-5-3-1-2-4-6-8-10-13(17)18/h3,5,12-13,20H,1-2,4,6-11,19H2,(H,21,22). The summed E-state index contributed by atoms with van der Waals surface area (Å²) < 4.78 is 36.4. The maximum atomic E-state index is 12.6. The Morgan fingerprint density at radius 3 is 2.23 bits per heavy atom. The van der Waals surface area contributed by atoms with Crippen LogP contribution >= 0.6 is 0 Å². The molecule has 0 rings (SSSR count). The highest BCUT2D eigenvalue weighted by Crippen LogP contribution is 2.15. The predicted molar refractivity (Wildman–Crippen MR) is 78.6 cm³/mol. The van der Waals surface area contributed by atoms with Crippen molar-refractivity contribution in [1.82, 2.24) is 0 Å². The van der Waals surface area contributed by atoms with Gasteiger partial charge >= 0.3 is 5.97 Å². The number of carboxylic acids is 1. The van der Waals surface area contributed by atoms with Crippen molar-refractivity contribution in [2.45, 2.75) is 69.4 Å². The van der Waals surface area contributed by atoms with E-state index in [-0.39, 0.29) is 12.8 Å². The third-order valence-corrected chi connectivity index (χ3v) is 3.53. The van der Waals surface area contributed by atoms with Crippen LogP contribution in [-0.2, 0) is 4.79 Å². The van der Waals surface area contributed by atoms with Gasteiger partial charge in [0.15, 0.2) is 5.54 Å². The zero-order valence-corrected chi connectivity index (χ0v) is 12.7. The van der Waals surface area contributed by atoms with Crippen molar-refractivity contribution >= 4 is 5.97 Å². The molecule has 0 aliphatic carbocycles. The second-order valence-electron chi connectivity index (χ2n) is 5.43. The molecule has 7 heteroatoms. The van der Waals surface area contributed by atoms with Crippen molar-refractivity contribution in [3.63, 3.8) is 0 Å². The van der Waals surface area contributed by atoms with Crippen LogP contribution in [0.5, 0.6) is 0 Å². The van der Waals surface area contributed by atoms with Gasteiger partial charge in [-0.1, -0.05) is 25.0 Å². The Bertz CT molecular complexity index is 340. The number of halogens is 3. The SMILES string of the molecule is NC(CF)(C(=O)O)C(O)CCC=CCCCCCCC(F)F. The summed E-state index contributed by atoms with van der Waals surface area (Å²) in [6.45, 7) is -1.33. The third kappa shape index (κ3) is 8.38. The van der Waals surface area contributed by atoms with Crippen molar-refractivity contribution < 1.29 is 28.2 Å². The number of hydrogen-bond acceptors (Lipinski definition) is 3. The van der Waals surface area contributed by atoms with Gasteiger partial charge in [-0.3, -0.25) is 4.79 Å². The molecule has 22 heavy (non-hydrogen) atoms. The molecule has 0 aromatic heterocycles. The van der Waals surface area contributed by atoms with Gasteiger partial charge in [-0.25, -0.2) is 13.2 Å². The summed E-state index contributed by atoms with van der Waals surface area (Å²) in [4.78, 5) is 10.8. The number of carbonyl (C=O) groups is 1. The average molecular weight is 325 g/mol. The number of aliphatic hydroxyl groups excluding tert-OH is 1. The van der Waals surface area contributed by atoms with E-state index < -0.39 is 30.7 Å². The fourth-order valence-corrected chi connectivity index (χ4v) is 1.95. The molecule has 2 atom stereocenters. The number of allylic oxidation sites excluding steroid dienone is 2. The molecular formula is C15H26F3NO3. The number of aliphatic hydroxyl groups is 1. The third-order valence-electron chi connectivity index (χ3n) is 3.53. The van der Waals surface area contributed by atoms with Gasteiger partial charge in [-0.15, -0.1) is 0 Å². The molecule has 0 fully saturated rings. The lowest BCUT2D eigenvalue weighted by Gasteiger charge is -2.26. The van der Waals surface area contributed by atoms with Crippen molar-refractivity contribution in [2.24, 2.45) is 5.73 Å². The van der Waals surface area contributed by atoms with Gasteiger partial charge in [0.25, 0.3) is 0 Å². The summed E-state index contributed by atoms with van der Waals surface area (Å²) in [7, 11) is 0. The molecule has 0 aromatic rings. The van der Waals surface area contributed by atoms with Gasteiger partial charge in [0, 0.05) is 6.42 Å². The molecule has 0 aromatic carbocycles. The molecule has 0 saturated carbocycles. The Kier molecular flexibility index (Phi) is 10.9. The first-order valence-corrected chi connectivity index (χ1v) is 7.54. The maximum Gasteiger partial charge on any atom is 0.329 e. The highest BCUT2D eigenvalue weighted by Gasteiger charge is 2.41. The van der Waals surface area contributed by atoms with Crippen molar-refractivity contribution in [1.29, 1.82) is 0 Å². The van der Waals surface area contributed by atoms with Crippen molar-refractivity contribution in [3.8, 4) is 0 Å². The summed E-state index contributed by atoms with van der Waals surface area (Å²) in [5.41, 5.74) is 3.06. The molecule has 0 aliphatic heterocycles. The van der Waals surface area contributed by atoms with Crippen LogP contribution in [0.15, 0.2) is 12.2 Å². The number of alkyl halides is 3. The second kappa shape index (κ2) is 11.5. The first-order valence-electron chi connectivity index (χ1n) is 7.54. The molecule has 0 spiro atoms. The number of nitrogens with two attached hydrogens (primary N) is 1. The van der Waals surface area contributed by atoms with E-state index in [4.69, 9.17) is 10.8 Å². The number of carboxylic acid groups (broad SMARTS) is 1. The molecule has 4 N–H and O–H groups in total. The van der Waals surface area contributed by atoms with E-state index >= 15 is 0 Å². The van der Waals surface area contributed by atoms with Crippen molar-refractivity contribution in [3.05, 3.63) is 12.2 Å². The van der Waals surface area contributed by atoms with Gasteiger partial charge < -0.3 is 15.9 Å². The molecule has 2 unspecified atom stereocenters. The Labute approximate surface area is 129 Å². The Morgan fingerprint density at radius 2 is 1.68 bits per heavy atom. The zero-order valence-electron chi connectivity index (χ0n) is 12.7. The number of rotatable bonds is 13. The van der Waals surface area contributed by atoms with Gasteiger partial charge in [0.1, 0.15) is 6.67 Å². The van der Waals surface area contributed by atoms with Crippen LogP contribution in [0, 0.1) is 0 Å². The number of hydrogen-bond donors (Lipinski definition) is 3. The first-order chi connectivity index (χ1) is 10.3. The monoisotopic (exact) mass is 325 g/mol. The lowest BCUT2D eigenvalue weighted by atomic mass is 9.92. The minimum Gasteiger partial charge on any atom is -0.480 e. The normalized spacial score (nSPS) is 16.1. The van der Waals surface area contributed by atoms with Gasteiger partial charge in [0.2, 0.25) is 6.43 Å². The molecule has 0 aliphatic rings. The minimum absolute atomic E-state index is 0.0489. The van der Waals surface area contributed by atoms with Crippen LogP contribution in [0.2, 0.25) is 0 Å². The number of unbranched alkanes of at least 4 members (excludes halogenated alkanes) is 4. The van der Waals surface area contributed by atoms with E-state index in [2.05, 4.69) is 0 Å². The Hall–Kier alpha value is -1.08. The topological polar surface area (TPSA) is 83.6 Å².